The van der Waals surface area contributed by atoms with Crippen molar-refractivity contribution in [1.29, 1.82) is 0 Å². The lowest BCUT2D eigenvalue weighted by atomic mass is 9.76. The summed E-state index contributed by atoms with van der Waals surface area (Å²) in [6.45, 7) is 0.276. The van der Waals surface area contributed by atoms with E-state index in [-0.39, 0.29) is 17.9 Å². The van der Waals surface area contributed by atoms with Gasteiger partial charge in [0.05, 0.1) is 12.0 Å². The molecule has 0 unspecified atom stereocenters. The van der Waals surface area contributed by atoms with E-state index in [2.05, 4.69) is 0 Å². The van der Waals surface area contributed by atoms with Crippen LogP contribution in [-0.4, -0.2) is 17.7 Å². The van der Waals surface area contributed by atoms with Crippen LogP contribution in [0.15, 0.2) is 6.07 Å². The van der Waals surface area contributed by atoms with Crippen LogP contribution in [0.25, 0.3) is 0 Å². The smallest absolute Gasteiger partial charge is 0.314 e. The summed E-state index contributed by atoms with van der Waals surface area (Å²) in [6, 6.07) is 0.752. The van der Waals surface area contributed by atoms with Gasteiger partial charge >= 0.3 is 5.97 Å². The Labute approximate surface area is 109 Å². The van der Waals surface area contributed by atoms with E-state index >= 15 is 0 Å². The topological polar surface area (TPSA) is 46.5 Å². The Bertz CT molecular complexity index is 548. The van der Waals surface area contributed by atoms with Crippen molar-refractivity contribution in [1.82, 2.24) is 0 Å². The Hall–Kier alpha value is -1.65. The van der Waals surface area contributed by atoms with Crippen molar-refractivity contribution < 1.29 is 23.4 Å². The van der Waals surface area contributed by atoms with Gasteiger partial charge in [0, 0.05) is 23.6 Å². The number of fused-ring (bicyclic) bond motifs is 1. The van der Waals surface area contributed by atoms with Gasteiger partial charge < -0.3 is 9.84 Å². The van der Waals surface area contributed by atoms with Crippen LogP contribution < -0.4 is 4.74 Å². The molecule has 1 aliphatic carbocycles. The average molecular weight is 268 g/mol. The van der Waals surface area contributed by atoms with E-state index in [1.165, 1.54) is 0 Å². The molecule has 0 aromatic heterocycles. The van der Waals surface area contributed by atoms with Crippen LogP contribution >= 0.6 is 0 Å². The first-order chi connectivity index (χ1) is 9.06. The lowest BCUT2D eigenvalue weighted by molar-refractivity contribution is -0.143. The summed E-state index contributed by atoms with van der Waals surface area (Å²) in [5.74, 6) is -2.49. The molecule has 102 valence electrons. The van der Waals surface area contributed by atoms with Gasteiger partial charge in [-0.15, -0.1) is 0 Å². The summed E-state index contributed by atoms with van der Waals surface area (Å²) < 4.78 is 33.0. The quantitative estimate of drug-likeness (QED) is 0.897. The minimum absolute atomic E-state index is 0.0314. The van der Waals surface area contributed by atoms with Crippen molar-refractivity contribution >= 4 is 5.97 Å². The molecule has 3 rings (SSSR count). The van der Waals surface area contributed by atoms with Crippen molar-refractivity contribution in [2.24, 2.45) is 0 Å². The van der Waals surface area contributed by atoms with Gasteiger partial charge in [-0.2, -0.15) is 0 Å². The minimum Gasteiger partial charge on any atom is -0.490 e. The Kier molecular flexibility index (Phi) is 2.73. The van der Waals surface area contributed by atoms with E-state index in [1.807, 2.05) is 0 Å². The molecule has 0 bridgehead atoms. The summed E-state index contributed by atoms with van der Waals surface area (Å²) in [5, 5.41) is 9.54. The second-order valence-corrected chi connectivity index (χ2v) is 5.22. The second-order valence-electron chi connectivity index (χ2n) is 5.22. The summed E-state index contributed by atoms with van der Waals surface area (Å²) in [6.07, 6.45) is 2.67. The molecule has 0 saturated heterocycles. The minimum atomic E-state index is -1.21. The Morgan fingerprint density at radius 2 is 1.95 bits per heavy atom. The first-order valence-electron chi connectivity index (χ1n) is 6.44. The molecule has 3 nitrogen and oxygen atoms in total. The van der Waals surface area contributed by atoms with E-state index in [0.29, 0.717) is 24.8 Å². The lowest BCUT2D eigenvalue weighted by Crippen LogP contribution is -2.34. The molecule has 1 aromatic carbocycles. The van der Waals surface area contributed by atoms with Crippen molar-refractivity contribution in [3.63, 3.8) is 0 Å². The molecule has 1 saturated carbocycles. The van der Waals surface area contributed by atoms with E-state index < -0.39 is 23.0 Å². The normalized spacial score (nSPS) is 20.1. The number of carboxylic acid groups (broad SMARTS) is 1. The Balaban J connectivity index is 2.25. The highest BCUT2D eigenvalue weighted by Crippen LogP contribution is 2.47. The van der Waals surface area contributed by atoms with Gasteiger partial charge in [0.2, 0.25) is 0 Å². The van der Waals surface area contributed by atoms with Crippen molar-refractivity contribution in [3.8, 4) is 5.75 Å². The molecule has 1 aliphatic heterocycles. The zero-order valence-corrected chi connectivity index (χ0v) is 10.3. The fraction of sp³-hybridized carbons (Fsp3) is 0.500. The maximum absolute atomic E-state index is 14.2. The third-order valence-electron chi connectivity index (χ3n) is 4.23. The highest BCUT2D eigenvalue weighted by molar-refractivity contribution is 5.83. The summed E-state index contributed by atoms with van der Waals surface area (Å²) in [7, 11) is 0. The van der Waals surface area contributed by atoms with Gasteiger partial charge in [-0.3, -0.25) is 4.79 Å². The standard InChI is InChI=1S/C14H14F2O3/c15-9-7-10(16)12-8(3-6-19-12)11(9)14(13(17)18)4-1-2-5-14/h7H,1-6H2,(H,17,18). The molecule has 1 fully saturated rings. The largest absolute Gasteiger partial charge is 0.490 e. The summed E-state index contributed by atoms with van der Waals surface area (Å²) in [5.41, 5.74) is -0.663. The third kappa shape index (κ3) is 1.64. The van der Waals surface area contributed by atoms with E-state index in [1.54, 1.807) is 0 Å². The lowest BCUT2D eigenvalue weighted by Gasteiger charge is -2.27. The highest BCUT2D eigenvalue weighted by atomic mass is 19.1. The molecule has 1 heterocycles. The van der Waals surface area contributed by atoms with Crippen LogP contribution in [0.3, 0.4) is 0 Å². The van der Waals surface area contributed by atoms with Crippen LogP contribution in [0.1, 0.15) is 36.8 Å². The summed E-state index contributed by atoms with van der Waals surface area (Å²) in [4.78, 5) is 11.7. The molecule has 2 aliphatic rings. The molecule has 0 spiro atoms. The monoisotopic (exact) mass is 268 g/mol. The SMILES string of the molecule is O=C(O)C1(c2c(F)cc(F)c3c2CCO3)CCCC1. The van der Waals surface area contributed by atoms with Crippen molar-refractivity contribution in [2.75, 3.05) is 6.61 Å². The fourth-order valence-electron chi connectivity index (χ4n) is 3.37. The van der Waals surface area contributed by atoms with E-state index in [9.17, 15) is 18.7 Å². The molecular weight excluding hydrogens is 254 g/mol. The Morgan fingerprint density at radius 3 is 2.58 bits per heavy atom. The van der Waals surface area contributed by atoms with Gasteiger partial charge in [-0.05, 0) is 12.8 Å². The molecule has 0 radical (unpaired) electrons. The number of carbonyl (C=O) groups is 1. The Morgan fingerprint density at radius 1 is 1.26 bits per heavy atom. The highest BCUT2D eigenvalue weighted by Gasteiger charge is 2.47. The average Bonchev–Trinajstić information content (AvgIpc) is 2.97. The van der Waals surface area contributed by atoms with Crippen molar-refractivity contribution in [2.45, 2.75) is 37.5 Å². The van der Waals surface area contributed by atoms with Crippen LogP contribution in [0.5, 0.6) is 5.75 Å². The predicted molar refractivity (Wildman–Crippen MR) is 63.3 cm³/mol. The zero-order chi connectivity index (χ0) is 13.6. The summed E-state index contributed by atoms with van der Waals surface area (Å²) >= 11 is 0. The number of hydrogen-bond acceptors (Lipinski definition) is 2. The van der Waals surface area contributed by atoms with Gasteiger partial charge in [-0.1, -0.05) is 12.8 Å². The number of carboxylic acids is 1. The third-order valence-corrected chi connectivity index (χ3v) is 4.23. The molecule has 19 heavy (non-hydrogen) atoms. The number of halogens is 2. The molecule has 1 aromatic rings. The van der Waals surface area contributed by atoms with Crippen LogP contribution in [0.4, 0.5) is 8.78 Å². The molecular formula is C14H14F2O3. The number of aliphatic carboxylic acids is 1. The van der Waals surface area contributed by atoms with Crippen LogP contribution in [-0.2, 0) is 16.6 Å². The first-order valence-corrected chi connectivity index (χ1v) is 6.44. The zero-order valence-electron chi connectivity index (χ0n) is 10.3. The molecule has 0 atom stereocenters. The number of rotatable bonds is 2. The molecule has 1 N–H and O–H groups in total. The number of hydrogen-bond donors (Lipinski definition) is 1. The van der Waals surface area contributed by atoms with Gasteiger partial charge in [0.1, 0.15) is 5.82 Å². The van der Waals surface area contributed by atoms with Gasteiger partial charge in [0.25, 0.3) is 0 Å². The van der Waals surface area contributed by atoms with Crippen LogP contribution in [0.2, 0.25) is 0 Å². The van der Waals surface area contributed by atoms with Gasteiger partial charge in [0.15, 0.2) is 11.6 Å². The van der Waals surface area contributed by atoms with Crippen LogP contribution in [0, 0.1) is 11.6 Å². The number of benzene rings is 1. The van der Waals surface area contributed by atoms with Crippen molar-refractivity contribution in [3.05, 3.63) is 28.8 Å². The first kappa shape index (κ1) is 12.4. The molecule has 0 amide bonds. The van der Waals surface area contributed by atoms with E-state index in [4.69, 9.17) is 4.74 Å². The predicted octanol–water partition coefficient (Wildman–Crippen LogP) is 2.80. The fourth-order valence-corrected chi connectivity index (χ4v) is 3.37. The number of ether oxygens (including phenoxy) is 1. The van der Waals surface area contributed by atoms with Gasteiger partial charge in [-0.25, -0.2) is 8.78 Å². The maximum atomic E-state index is 14.2. The van der Waals surface area contributed by atoms with E-state index in [0.717, 1.165) is 18.9 Å². The second kappa shape index (κ2) is 4.18. The molecule has 5 heteroatoms. The maximum Gasteiger partial charge on any atom is 0.314 e.